The Bertz CT molecular complexity index is 1030. The minimum absolute atomic E-state index is 0.0481. The predicted octanol–water partition coefficient (Wildman–Crippen LogP) is 3.27. The smallest absolute Gasteiger partial charge is 0.255 e. The fourth-order valence-electron chi connectivity index (χ4n) is 3.45. The average molecular weight is 371 g/mol. The molecule has 1 aliphatic rings. The zero-order valence-corrected chi connectivity index (χ0v) is 15.7. The molecular weight excluding hydrogens is 352 g/mol. The Labute approximate surface area is 156 Å². The topological polar surface area (TPSA) is 60.3 Å². The summed E-state index contributed by atoms with van der Waals surface area (Å²) < 4.78 is 7.49. The molecule has 4 rings (SSSR count). The Morgan fingerprint density at radius 1 is 1.27 bits per heavy atom. The molecule has 134 valence electrons. The third-order valence-electron chi connectivity index (χ3n) is 4.62. The maximum Gasteiger partial charge on any atom is 0.255 e. The van der Waals surface area contributed by atoms with E-state index in [0.717, 1.165) is 33.7 Å². The van der Waals surface area contributed by atoms with E-state index in [0.29, 0.717) is 30.3 Å². The molecule has 0 saturated carbocycles. The van der Waals surface area contributed by atoms with Crippen LogP contribution in [-0.4, -0.2) is 38.7 Å². The number of nitrogens with zero attached hydrogens (tertiary/aromatic N) is 4. The summed E-state index contributed by atoms with van der Waals surface area (Å²) in [5.41, 5.74) is 3.85. The van der Waals surface area contributed by atoms with Gasteiger partial charge in [-0.25, -0.2) is 4.98 Å². The van der Waals surface area contributed by atoms with E-state index in [9.17, 15) is 4.79 Å². The molecule has 0 radical (unpaired) electrons. The molecule has 0 spiro atoms. The number of benzene rings is 1. The van der Waals surface area contributed by atoms with E-state index in [1.807, 2.05) is 39.1 Å². The van der Waals surface area contributed by atoms with Gasteiger partial charge in [-0.3, -0.25) is 9.48 Å². The third kappa shape index (κ3) is 2.80. The normalized spacial score (nSPS) is 14.1. The van der Waals surface area contributed by atoms with E-state index in [1.165, 1.54) is 0 Å². The van der Waals surface area contributed by atoms with E-state index >= 15 is 0 Å². The molecule has 0 aliphatic carbocycles. The van der Waals surface area contributed by atoms with Gasteiger partial charge in [-0.15, -0.1) is 0 Å². The lowest BCUT2D eigenvalue weighted by Gasteiger charge is -2.20. The Morgan fingerprint density at radius 3 is 2.88 bits per heavy atom. The van der Waals surface area contributed by atoms with Crippen LogP contribution in [0.5, 0.6) is 5.75 Å². The van der Waals surface area contributed by atoms with E-state index in [2.05, 4.69) is 10.1 Å². The van der Waals surface area contributed by atoms with Gasteiger partial charge in [-0.05, 0) is 38.1 Å². The van der Waals surface area contributed by atoms with Crippen molar-refractivity contribution in [2.24, 2.45) is 7.05 Å². The van der Waals surface area contributed by atoms with Crippen LogP contribution in [0.1, 0.15) is 27.3 Å². The van der Waals surface area contributed by atoms with Gasteiger partial charge in [0, 0.05) is 29.9 Å². The Hall–Kier alpha value is -2.60. The van der Waals surface area contributed by atoms with Crippen LogP contribution in [0.15, 0.2) is 24.3 Å². The number of hydrogen-bond acceptors (Lipinski definition) is 4. The number of pyridine rings is 1. The number of rotatable bonds is 1. The predicted molar refractivity (Wildman–Crippen MR) is 99.7 cm³/mol. The van der Waals surface area contributed by atoms with Crippen LogP contribution >= 0.6 is 11.6 Å². The minimum Gasteiger partial charge on any atom is -0.491 e. The summed E-state index contributed by atoms with van der Waals surface area (Å²) in [6.45, 7) is 5.19. The molecule has 1 aromatic carbocycles. The molecule has 0 atom stereocenters. The lowest BCUT2D eigenvalue weighted by atomic mass is 10.1. The molecule has 0 unspecified atom stereocenters. The maximum absolute atomic E-state index is 13.3. The molecule has 3 aromatic rings. The number of carbonyl (C=O) groups is 1. The molecular formula is C19H19ClN4O2. The number of fused-ring (bicyclic) bond motifs is 2. The van der Waals surface area contributed by atoms with Crippen LogP contribution in [-0.2, 0) is 13.6 Å². The molecule has 6 nitrogen and oxygen atoms in total. The highest BCUT2D eigenvalue weighted by molar-refractivity contribution is 6.30. The maximum atomic E-state index is 13.3. The molecule has 7 heteroatoms. The van der Waals surface area contributed by atoms with Gasteiger partial charge in [0.2, 0.25) is 0 Å². The first-order chi connectivity index (χ1) is 12.4. The van der Waals surface area contributed by atoms with Crippen molar-refractivity contribution in [3.05, 3.63) is 51.8 Å². The van der Waals surface area contributed by atoms with Crippen molar-refractivity contribution in [2.45, 2.75) is 20.4 Å². The van der Waals surface area contributed by atoms with Gasteiger partial charge in [-0.1, -0.05) is 11.6 Å². The van der Waals surface area contributed by atoms with Crippen molar-refractivity contribution in [1.82, 2.24) is 19.7 Å². The molecule has 3 heterocycles. The van der Waals surface area contributed by atoms with Gasteiger partial charge in [0.25, 0.3) is 5.91 Å². The average Bonchev–Trinajstić information content (AvgIpc) is 2.78. The summed E-state index contributed by atoms with van der Waals surface area (Å²) in [6, 6.07) is 7.34. The van der Waals surface area contributed by atoms with Crippen LogP contribution in [0, 0.1) is 13.8 Å². The van der Waals surface area contributed by atoms with E-state index in [1.54, 1.807) is 15.6 Å². The highest BCUT2D eigenvalue weighted by Crippen LogP contribution is 2.28. The molecule has 0 saturated heterocycles. The number of aromatic nitrogens is 3. The zero-order chi connectivity index (χ0) is 18.4. The van der Waals surface area contributed by atoms with Crippen LogP contribution < -0.4 is 4.74 Å². The number of ether oxygens (including phenoxy) is 1. The summed E-state index contributed by atoms with van der Waals surface area (Å²) in [5, 5.41) is 5.86. The van der Waals surface area contributed by atoms with E-state index < -0.39 is 0 Å². The summed E-state index contributed by atoms with van der Waals surface area (Å²) in [7, 11) is 1.84. The number of halogens is 1. The lowest BCUT2D eigenvalue weighted by molar-refractivity contribution is 0.0735. The van der Waals surface area contributed by atoms with Crippen LogP contribution in [0.2, 0.25) is 5.02 Å². The Kier molecular flexibility index (Phi) is 4.07. The van der Waals surface area contributed by atoms with Gasteiger partial charge in [-0.2, -0.15) is 5.10 Å². The SMILES string of the molecule is Cc1cc(C(=O)N2CCOc3ccc(Cl)cc3C2)c2c(C)nn(C)c2n1. The summed E-state index contributed by atoms with van der Waals surface area (Å²) >= 11 is 6.12. The zero-order valence-electron chi connectivity index (χ0n) is 14.9. The second-order valence-corrected chi connectivity index (χ2v) is 6.98. The first-order valence-electron chi connectivity index (χ1n) is 8.45. The number of hydrogen-bond donors (Lipinski definition) is 0. The largest absolute Gasteiger partial charge is 0.491 e. The third-order valence-corrected chi connectivity index (χ3v) is 4.85. The van der Waals surface area contributed by atoms with Crippen molar-refractivity contribution in [3.63, 3.8) is 0 Å². The first kappa shape index (κ1) is 16.8. The lowest BCUT2D eigenvalue weighted by Crippen LogP contribution is -2.32. The second kappa shape index (κ2) is 6.29. The van der Waals surface area contributed by atoms with Gasteiger partial charge in [0.1, 0.15) is 12.4 Å². The molecule has 2 aromatic heterocycles. The van der Waals surface area contributed by atoms with Crippen molar-refractivity contribution >= 4 is 28.5 Å². The number of carbonyl (C=O) groups excluding carboxylic acids is 1. The molecule has 0 fully saturated rings. The Balaban J connectivity index is 1.77. The summed E-state index contributed by atoms with van der Waals surface area (Å²) in [5.74, 6) is 0.728. The van der Waals surface area contributed by atoms with Crippen LogP contribution in [0.25, 0.3) is 11.0 Å². The molecule has 0 bridgehead atoms. The van der Waals surface area contributed by atoms with E-state index in [4.69, 9.17) is 16.3 Å². The minimum atomic E-state index is -0.0481. The monoisotopic (exact) mass is 370 g/mol. The Morgan fingerprint density at radius 2 is 2.08 bits per heavy atom. The van der Waals surface area contributed by atoms with Gasteiger partial charge in [0.05, 0.1) is 23.2 Å². The summed E-state index contributed by atoms with van der Waals surface area (Å²) in [6.07, 6.45) is 0. The fourth-order valence-corrected chi connectivity index (χ4v) is 3.64. The van der Waals surface area contributed by atoms with Crippen LogP contribution in [0.3, 0.4) is 0 Å². The van der Waals surface area contributed by atoms with E-state index in [-0.39, 0.29) is 5.91 Å². The van der Waals surface area contributed by atoms with Gasteiger partial charge >= 0.3 is 0 Å². The standard InChI is InChI=1S/C19H19ClN4O2/c1-11-8-15(17-12(2)22-23(3)18(17)21-11)19(25)24-6-7-26-16-5-4-14(20)9-13(16)10-24/h4-5,8-9H,6-7,10H2,1-3H3. The van der Waals surface area contributed by atoms with Crippen molar-refractivity contribution in [2.75, 3.05) is 13.2 Å². The van der Waals surface area contributed by atoms with Crippen molar-refractivity contribution < 1.29 is 9.53 Å². The molecule has 1 aliphatic heterocycles. The van der Waals surface area contributed by atoms with Gasteiger partial charge in [0.15, 0.2) is 5.65 Å². The highest BCUT2D eigenvalue weighted by atomic mass is 35.5. The number of amides is 1. The quantitative estimate of drug-likeness (QED) is 0.659. The van der Waals surface area contributed by atoms with Crippen LogP contribution in [0.4, 0.5) is 0 Å². The van der Waals surface area contributed by atoms with Crippen molar-refractivity contribution in [3.8, 4) is 5.75 Å². The first-order valence-corrected chi connectivity index (χ1v) is 8.83. The summed E-state index contributed by atoms with van der Waals surface area (Å²) in [4.78, 5) is 19.7. The van der Waals surface area contributed by atoms with Gasteiger partial charge < -0.3 is 9.64 Å². The van der Waals surface area contributed by atoms with Crippen molar-refractivity contribution in [1.29, 1.82) is 0 Å². The fraction of sp³-hybridized carbons (Fsp3) is 0.316. The molecule has 0 N–H and O–H groups in total. The number of aryl methyl sites for hydroxylation is 3. The second-order valence-electron chi connectivity index (χ2n) is 6.55. The molecule has 1 amide bonds. The highest BCUT2D eigenvalue weighted by Gasteiger charge is 2.25. The molecule has 26 heavy (non-hydrogen) atoms.